The van der Waals surface area contributed by atoms with Gasteiger partial charge in [0.1, 0.15) is 17.2 Å². The fourth-order valence-electron chi connectivity index (χ4n) is 2.45. The number of carbonyl (C=O) groups is 1. The highest BCUT2D eigenvalue weighted by Crippen LogP contribution is 2.17. The first-order valence-electron chi connectivity index (χ1n) is 7.74. The minimum atomic E-state index is -0.0799. The lowest BCUT2D eigenvalue weighted by atomic mass is 10.2. The van der Waals surface area contributed by atoms with Crippen LogP contribution in [0.3, 0.4) is 0 Å². The highest BCUT2D eigenvalue weighted by molar-refractivity contribution is 7.11. The van der Waals surface area contributed by atoms with E-state index >= 15 is 0 Å². The number of hydrogen-bond acceptors (Lipinski definition) is 5. The van der Waals surface area contributed by atoms with Gasteiger partial charge in [-0.05, 0) is 37.5 Å². The van der Waals surface area contributed by atoms with Crippen molar-refractivity contribution in [1.82, 2.24) is 10.3 Å². The van der Waals surface area contributed by atoms with Gasteiger partial charge in [0, 0.05) is 13.2 Å². The summed E-state index contributed by atoms with van der Waals surface area (Å²) in [6, 6.07) is 7.78. The lowest BCUT2D eigenvalue weighted by molar-refractivity contribution is 0.0679. The van der Waals surface area contributed by atoms with E-state index < -0.39 is 0 Å². The van der Waals surface area contributed by atoms with E-state index in [9.17, 15) is 4.79 Å². The minimum absolute atomic E-state index is 0.0799. The average molecular weight is 332 g/mol. The molecule has 0 saturated carbocycles. The summed E-state index contributed by atoms with van der Waals surface area (Å²) in [6.45, 7) is 3.76. The smallest absolute Gasteiger partial charge is 0.263 e. The van der Waals surface area contributed by atoms with E-state index in [-0.39, 0.29) is 12.0 Å². The van der Waals surface area contributed by atoms with E-state index in [0.29, 0.717) is 18.0 Å². The number of carbonyl (C=O) groups excluding carboxylic acids is 1. The van der Waals surface area contributed by atoms with Gasteiger partial charge in [-0.2, -0.15) is 0 Å². The van der Waals surface area contributed by atoms with Crippen molar-refractivity contribution in [2.24, 2.45) is 0 Å². The van der Waals surface area contributed by atoms with Crippen LogP contribution >= 0.6 is 11.3 Å². The Kier molecular flexibility index (Phi) is 5.25. The third kappa shape index (κ3) is 4.30. The van der Waals surface area contributed by atoms with Crippen LogP contribution in [0.5, 0.6) is 5.75 Å². The van der Waals surface area contributed by atoms with Crippen molar-refractivity contribution in [3.05, 3.63) is 45.9 Å². The molecule has 0 radical (unpaired) electrons. The van der Waals surface area contributed by atoms with Crippen molar-refractivity contribution in [2.75, 3.05) is 13.2 Å². The van der Waals surface area contributed by atoms with E-state index in [4.69, 9.17) is 9.47 Å². The molecule has 2 heterocycles. The maximum absolute atomic E-state index is 12.0. The number of nitrogens with one attached hydrogen (secondary N) is 1. The first-order chi connectivity index (χ1) is 11.2. The van der Waals surface area contributed by atoms with Crippen molar-refractivity contribution in [1.29, 1.82) is 0 Å². The second kappa shape index (κ2) is 7.57. The molecule has 0 aliphatic carbocycles. The van der Waals surface area contributed by atoms with E-state index in [1.54, 1.807) is 5.51 Å². The van der Waals surface area contributed by atoms with Gasteiger partial charge in [0.2, 0.25) is 0 Å². The van der Waals surface area contributed by atoms with E-state index in [1.807, 2.05) is 31.2 Å². The molecule has 1 aromatic heterocycles. The molecular formula is C17H20N2O3S. The molecule has 23 heavy (non-hydrogen) atoms. The van der Waals surface area contributed by atoms with Gasteiger partial charge in [-0.1, -0.05) is 12.1 Å². The van der Waals surface area contributed by atoms with Gasteiger partial charge < -0.3 is 14.8 Å². The highest BCUT2D eigenvalue weighted by atomic mass is 32.1. The second-order valence-electron chi connectivity index (χ2n) is 5.54. The van der Waals surface area contributed by atoms with Crippen LogP contribution < -0.4 is 10.1 Å². The van der Waals surface area contributed by atoms with Gasteiger partial charge in [0.15, 0.2) is 0 Å². The zero-order chi connectivity index (χ0) is 16.1. The van der Waals surface area contributed by atoms with Crippen molar-refractivity contribution < 1.29 is 14.3 Å². The normalized spacial score (nSPS) is 17.2. The summed E-state index contributed by atoms with van der Waals surface area (Å²) in [6.07, 6.45) is 2.41. The molecule has 1 N–H and O–H groups in total. The van der Waals surface area contributed by atoms with Gasteiger partial charge in [0.05, 0.1) is 17.3 Å². The van der Waals surface area contributed by atoms with Crippen molar-refractivity contribution in [3.63, 3.8) is 0 Å². The molecule has 122 valence electrons. The number of benzene rings is 1. The monoisotopic (exact) mass is 332 g/mol. The summed E-state index contributed by atoms with van der Waals surface area (Å²) in [7, 11) is 0. The molecule has 0 spiro atoms. The molecule has 1 aliphatic rings. The fraction of sp³-hybridized carbons (Fsp3) is 0.412. The fourth-order valence-corrected chi connectivity index (χ4v) is 3.17. The minimum Gasteiger partial charge on any atom is -0.491 e. The SMILES string of the molecule is Cc1ncsc1C(=O)NCc1ccc(OCC2CCCO2)cc1. The molecule has 3 rings (SSSR count). The van der Waals surface area contributed by atoms with Crippen LogP contribution in [0.25, 0.3) is 0 Å². The lowest BCUT2D eigenvalue weighted by Crippen LogP contribution is -2.22. The number of amides is 1. The zero-order valence-electron chi connectivity index (χ0n) is 13.1. The Morgan fingerprint density at radius 3 is 2.91 bits per heavy atom. The van der Waals surface area contributed by atoms with E-state index in [2.05, 4.69) is 10.3 Å². The molecular weight excluding hydrogens is 312 g/mol. The van der Waals surface area contributed by atoms with Crippen molar-refractivity contribution in [3.8, 4) is 5.75 Å². The quantitative estimate of drug-likeness (QED) is 0.883. The molecule has 1 aromatic carbocycles. The predicted molar refractivity (Wildman–Crippen MR) is 88.9 cm³/mol. The lowest BCUT2D eigenvalue weighted by Gasteiger charge is -2.12. The highest BCUT2D eigenvalue weighted by Gasteiger charge is 2.16. The van der Waals surface area contributed by atoms with E-state index in [1.165, 1.54) is 11.3 Å². The van der Waals surface area contributed by atoms with Crippen molar-refractivity contribution in [2.45, 2.75) is 32.4 Å². The Morgan fingerprint density at radius 1 is 1.43 bits per heavy atom. The van der Waals surface area contributed by atoms with Crippen LogP contribution in [0.1, 0.15) is 33.8 Å². The van der Waals surface area contributed by atoms with Gasteiger partial charge >= 0.3 is 0 Å². The summed E-state index contributed by atoms with van der Waals surface area (Å²) in [5.74, 6) is 0.748. The molecule has 1 amide bonds. The molecule has 1 saturated heterocycles. The van der Waals surface area contributed by atoms with Crippen LogP contribution in [0.15, 0.2) is 29.8 Å². The zero-order valence-corrected chi connectivity index (χ0v) is 13.9. The number of aryl methyl sites for hydroxylation is 1. The number of nitrogens with zero attached hydrogens (tertiary/aromatic N) is 1. The van der Waals surface area contributed by atoms with Gasteiger partial charge in [-0.3, -0.25) is 4.79 Å². The van der Waals surface area contributed by atoms with Crippen molar-refractivity contribution >= 4 is 17.2 Å². The standard InChI is InChI=1S/C17H20N2O3S/c1-12-16(23-11-19-12)17(20)18-9-13-4-6-14(7-5-13)22-10-15-3-2-8-21-15/h4-7,11,15H,2-3,8-10H2,1H3,(H,18,20). The summed E-state index contributed by atoms with van der Waals surface area (Å²) in [5.41, 5.74) is 3.49. The number of ether oxygens (including phenoxy) is 2. The molecule has 5 nitrogen and oxygen atoms in total. The largest absolute Gasteiger partial charge is 0.491 e. The molecule has 1 fully saturated rings. The Bertz CT molecular complexity index is 648. The Morgan fingerprint density at radius 2 is 2.26 bits per heavy atom. The topological polar surface area (TPSA) is 60.5 Å². The Hall–Kier alpha value is -1.92. The summed E-state index contributed by atoms with van der Waals surface area (Å²) < 4.78 is 11.3. The van der Waals surface area contributed by atoms with Crippen LogP contribution in [-0.4, -0.2) is 30.2 Å². The summed E-state index contributed by atoms with van der Waals surface area (Å²) >= 11 is 1.36. The molecule has 1 unspecified atom stereocenters. The van der Waals surface area contributed by atoms with Gasteiger partial charge in [-0.25, -0.2) is 4.98 Å². The number of hydrogen-bond donors (Lipinski definition) is 1. The Labute approximate surface area is 139 Å². The first-order valence-corrected chi connectivity index (χ1v) is 8.62. The summed E-state index contributed by atoms with van der Waals surface area (Å²) in [5, 5.41) is 2.91. The predicted octanol–water partition coefficient (Wildman–Crippen LogP) is 2.94. The molecule has 2 aromatic rings. The number of rotatable bonds is 6. The van der Waals surface area contributed by atoms with Crippen LogP contribution in [0, 0.1) is 6.92 Å². The summed E-state index contributed by atoms with van der Waals surface area (Å²) in [4.78, 5) is 16.8. The molecule has 1 atom stereocenters. The van der Waals surface area contributed by atoms with Crippen LogP contribution in [-0.2, 0) is 11.3 Å². The van der Waals surface area contributed by atoms with Gasteiger partial charge in [0.25, 0.3) is 5.91 Å². The third-order valence-corrected chi connectivity index (χ3v) is 4.72. The first kappa shape index (κ1) is 16.0. The second-order valence-corrected chi connectivity index (χ2v) is 6.39. The molecule has 1 aliphatic heterocycles. The van der Waals surface area contributed by atoms with Gasteiger partial charge in [-0.15, -0.1) is 11.3 Å². The maximum Gasteiger partial charge on any atom is 0.263 e. The number of aromatic nitrogens is 1. The van der Waals surface area contributed by atoms with Crippen LogP contribution in [0.4, 0.5) is 0 Å². The average Bonchev–Trinajstić information content (AvgIpc) is 3.23. The number of thiazole rings is 1. The van der Waals surface area contributed by atoms with E-state index in [0.717, 1.165) is 36.5 Å². The Balaban J connectivity index is 1.47. The molecule has 6 heteroatoms. The third-order valence-electron chi connectivity index (χ3n) is 3.79. The van der Waals surface area contributed by atoms with Crippen LogP contribution in [0.2, 0.25) is 0 Å². The molecule has 0 bridgehead atoms. The maximum atomic E-state index is 12.0.